The molecule has 0 radical (unpaired) electrons. The van der Waals surface area contributed by atoms with E-state index >= 15 is 0 Å². The van der Waals surface area contributed by atoms with Crippen molar-refractivity contribution in [3.05, 3.63) is 41.9 Å². The number of carbonyl (C=O) groups excluding carboxylic acids is 1. The van der Waals surface area contributed by atoms with Crippen molar-refractivity contribution in [1.82, 2.24) is 20.2 Å². The maximum atomic E-state index is 11.9. The van der Waals surface area contributed by atoms with Crippen LogP contribution >= 0.6 is 0 Å². The summed E-state index contributed by atoms with van der Waals surface area (Å²) >= 11 is 0. The lowest BCUT2D eigenvalue weighted by molar-refractivity contribution is 0.0945. The molecule has 6 nitrogen and oxygen atoms in total. The van der Waals surface area contributed by atoms with Gasteiger partial charge in [-0.1, -0.05) is 0 Å². The van der Waals surface area contributed by atoms with Gasteiger partial charge in [0.15, 0.2) is 0 Å². The summed E-state index contributed by atoms with van der Waals surface area (Å²) in [4.78, 5) is 16.2. The summed E-state index contributed by atoms with van der Waals surface area (Å²) in [5.74, 6) is 0.627. The molecule has 120 valence electrons. The van der Waals surface area contributed by atoms with E-state index in [-0.39, 0.29) is 5.91 Å². The number of ether oxygens (including phenoxy) is 1. The van der Waals surface area contributed by atoms with Crippen LogP contribution in [0.4, 0.5) is 0 Å². The zero-order valence-electron chi connectivity index (χ0n) is 12.9. The molecule has 0 spiro atoms. The van der Waals surface area contributed by atoms with Gasteiger partial charge in [0.05, 0.1) is 11.3 Å². The molecule has 1 unspecified atom stereocenters. The molecule has 2 aliphatic rings. The topological polar surface area (TPSA) is 68.2 Å². The van der Waals surface area contributed by atoms with Gasteiger partial charge >= 0.3 is 0 Å². The first-order valence-electron chi connectivity index (χ1n) is 8.12. The van der Waals surface area contributed by atoms with Gasteiger partial charge in [0.1, 0.15) is 6.61 Å². The molecule has 0 saturated carbocycles. The molecule has 4 heterocycles. The highest BCUT2D eigenvalue weighted by molar-refractivity contribution is 5.96. The van der Waals surface area contributed by atoms with Crippen LogP contribution in [0.3, 0.4) is 0 Å². The zero-order valence-corrected chi connectivity index (χ0v) is 12.9. The van der Waals surface area contributed by atoms with Crippen LogP contribution in [-0.2, 0) is 6.42 Å². The second kappa shape index (κ2) is 6.04. The van der Waals surface area contributed by atoms with E-state index in [1.54, 1.807) is 6.20 Å². The minimum absolute atomic E-state index is 0.00263. The van der Waals surface area contributed by atoms with Crippen LogP contribution in [0.25, 0.3) is 5.69 Å². The molecular weight excluding hydrogens is 292 g/mol. The Morgan fingerprint density at radius 1 is 1.35 bits per heavy atom. The lowest BCUT2D eigenvalue weighted by Gasteiger charge is -2.17. The standard InChI is InChI=1S/C17H20N4O2/c22-17-14-5-9-21(15(14)4-8-20-17)13-3-7-19-16(10-13)23-11-12-2-1-6-18-12/h3,5,7,9-10,12,18H,1-2,4,6,8,11H2,(H,20,22). The number of fused-ring (bicyclic) bond motifs is 1. The number of aromatic nitrogens is 2. The summed E-state index contributed by atoms with van der Waals surface area (Å²) in [6.45, 7) is 2.39. The smallest absolute Gasteiger partial charge is 0.253 e. The third-order valence-electron chi connectivity index (χ3n) is 4.48. The second-order valence-corrected chi connectivity index (χ2v) is 6.01. The molecule has 0 aliphatic carbocycles. The van der Waals surface area contributed by atoms with Gasteiger partial charge in [-0.15, -0.1) is 0 Å². The maximum absolute atomic E-state index is 11.9. The monoisotopic (exact) mass is 312 g/mol. The average molecular weight is 312 g/mol. The van der Waals surface area contributed by atoms with Gasteiger partial charge in [-0.2, -0.15) is 0 Å². The third kappa shape index (κ3) is 2.82. The maximum Gasteiger partial charge on any atom is 0.253 e. The molecule has 1 fully saturated rings. The van der Waals surface area contributed by atoms with Crippen molar-refractivity contribution >= 4 is 5.91 Å². The fourth-order valence-electron chi connectivity index (χ4n) is 3.27. The highest BCUT2D eigenvalue weighted by Crippen LogP contribution is 2.22. The molecule has 6 heteroatoms. The van der Waals surface area contributed by atoms with E-state index in [0.717, 1.165) is 36.3 Å². The first-order chi connectivity index (χ1) is 11.3. The predicted molar refractivity (Wildman–Crippen MR) is 86.1 cm³/mol. The van der Waals surface area contributed by atoms with E-state index in [1.165, 1.54) is 6.42 Å². The van der Waals surface area contributed by atoms with Gasteiger partial charge < -0.3 is 19.9 Å². The highest BCUT2D eigenvalue weighted by Gasteiger charge is 2.21. The molecule has 0 bridgehead atoms. The van der Waals surface area contributed by atoms with Crippen molar-refractivity contribution in [2.45, 2.75) is 25.3 Å². The first kappa shape index (κ1) is 14.3. The SMILES string of the molecule is O=C1NCCc2c1ccn2-c1ccnc(OCC2CCCN2)c1. The van der Waals surface area contributed by atoms with E-state index in [0.29, 0.717) is 25.1 Å². The van der Waals surface area contributed by atoms with E-state index in [2.05, 4.69) is 20.2 Å². The quantitative estimate of drug-likeness (QED) is 0.893. The van der Waals surface area contributed by atoms with Gasteiger partial charge in [0.25, 0.3) is 5.91 Å². The summed E-state index contributed by atoms with van der Waals surface area (Å²) in [6.07, 6.45) is 6.88. The van der Waals surface area contributed by atoms with Crippen LogP contribution in [0, 0.1) is 0 Å². The predicted octanol–water partition coefficient (Wildman–Crippen LogP) is 1.29. The molecule has 23 heavy (non-hydrogen) atoms. The molecule has 1 amide bonds. The molecule has 2 aromatic heterocycles. The Hall–Kier alpha value is -2.34. The molecular formula is C17H20N4O2. The van der Waals surface area contributed by atoms with Gasteiger partial charge in [-0.25, -0.2) is 4.98 Å². The van der Waals surface area contributed by atoms with Gasteiger partial charge in [0.2, 0.25) is 5.88 Å². The normalized spacial score (nSPS) is 20.2. The fourth-order valence-corrected chi connectivity index (χ4v) is 3.27. The Morgan fingerprint density at radius 3 is 3.17 bits per heavy atom. The molecule has 2 aromatic rings. The molecule has 2 aliphatic heterocycles. The van der Waals surface area contributed by atoms with E-state index < -0.39 is 0 Å². The summed E-state index contributed by atoms with van der Waals surface area (Å²) in [7, 11) is 0. The Kier molecular flexibility index (Phi) is 3.75. The van der Waals surface area contributed by atoms with Crippen molar-refractivity contribution in [2.24, 2.45) is 0 Å². The number of hydrogen-bond acceptors (Lipinski definition) is 4. The molecule has 1 atom stereocenters. The second-order valence-electron chi connectivity index (χ2n) is 6.01. The summed E-state index contributed by atoms with van der Waals surface area (Å²) in [5.41, 5.74) is 2.78. The van der Waals surface area contributed by atoms with Crippen LogP contribution in [0.5, 0.6) is 5.88 Å². The van der Waals surface area contributed by atoms with Crippen molar-refractivity contribution in [1.29, 1.82) is 0 Å². The highest BCUT2D eigenvalue weighted by atomic mass is 16.5. The number of amides is 1. The molecule has 2 N–H and O–H groups in total. The summed E-state index contributed by atoms with van der Waals surface area (Å²) in [6, 6.07) is 6.16. The lowest BCUT2D eigenvalue weighted by Crippen LogP contribution is -2.32. The number of carbonyl (C=O) groups is 1. The van der Waals surface area contributed by atoms with Gasteiger partial charge in [-0.3, -0.25) is 4.79 Å². The number of nitrogens with one attached hydrogen (secondary N) is 2. The van der Waals surface area contributed by atoms with Crippen LogP contribution in [-0.4, -0.2) is 41.2 Å². The largest absolute Gasteiger partial charge is 0.476 e. The molecule has 4 rings (SSSR count). The average Bonchev–Trinajstić information content (AvgIpc) is 3.23. The molecule has 1 saturated heterocycles. The van der Waals surface area contributed by atoms with E-state index in [4.69, 9.17) is 4.74 Å². The summed E-state index contributed by atoms with van der Waals surface area (Å²) < 4.78 is 7.88. The van der Waals surface area contributed by atoms with Crippen LogP contribution in [0.15, 0.2) is 30.6 Å². The van der Waals surface area contributed by atoms with Crippen LogP contribution in [0.2, 0.25) is 0 Å². The Morgan fingerprint density at radius 2 is 2.30 bits per heavy atom. The molecule has 0 aromatic carbocycles. The zero-order chi connectivity index (χ0) is 15.6. The number of nitrogens with zero attached hydrogens (tertiary/aromatic N) is 2. The van der Waals surface area contributed by atoms with Crippen LogP contribution < -0.4 is 15.4 Å². The lowest BCUT2D eigenvalue weighted by atomic mass is 10.1. The van der Waals surface area contributed by atoms with Gasteiger partial charge in [0, 0.05) is 43.2 Å². The Balaban J connectivity index is 1.55. The number of rotatable bonds is 4. The van der Waals surface area contributed by atoms with Crippen molar-refractivity contribution in [3.63, 3.8) is 0 Å². The van der Waals surface area contributed by atoms with Crippen molar-refractivity contribution in [3.8, 4) is 11.6 Å². The fraction of sp³-hybridized carbons (Fsp3) is 0.412. The summed E-state index contributed by atoms with van der Waals surface area (Å²) in [5, 5.41) is 6.28. The van der Waals surface area contributed by atoms with Crippen LogP contribution in [0.1, 0.15) is 28.9 Å². The minimum atomic E-state index is 0.00263. The van der Waals surface area contributed by atoms with Gasteiger partial charge in [-0.05, 0) is 31.5 Å². The van der Waals surface area contributed by atoms with Crippen molar-refractivity contribution < 1.29 is 9.53 Å². The van der Waals surface area contributed by atoms with E-state index in [1.807, 2.05) is 24.4 Å². The first-order valence-corrected chi connectivity index (χ1v) is 8.12. The number of pyridine rings is 1. The Labute approximate surface area is 134 Å². The minimum Gasteiger partial charge on any atom is -0.476 e. The number of hydrogen-bond donors (Lipinski definition) is 2. The third-order valence-corrected chi connectivity index (χ3v) is 4.48. The van der Waals surface area contributed by atoms with Crippen molar-refractivity contribution in [2.75, 3.05) is 19.7 Å². The van der Waals surface area contributed by atoms with E-state index in [9.17, 15) is 4.79 Å². The Bertz CT molecular complexity index is 719.